The molecule has 4 nitrogen and oxygen atoms in total. The molecule has 1 saturated carbocycles. The van der Waals surface area contributed by atoms with Crippen LogP contribution in [0.4, 0.5) is 0 Å². The Kier molecular flexibility index (Phi) is 6.92. The second-order valence-electron chi connectivity index (χ2n) is 9.63. The minimum absolute atomic E-state index is 0.0839. The lowest BCUT2D eigenvalue weighted by molar-refractivity contribution is -0.161. The molecule has 0 unspecified atom stereocenters. The molecule has 3 fully saturated rings. The van der Waals surface area contributed by atoms with Gasteiger partial charge in [-0.1, -0.05) is 75.8 Å². The van der Waals surface area contributed by atoms with Crippen molar-refractivity contribution in [2.24, 2.45) is 5.92 Å². The zero-order valence-corrected chi connectivity index (χ0v) is 18.5. The van der Waals surface area contributed by atoms with E-state index in [1.807, 2.05) is 30.3 Å². The van der Waals surface area contributed by atoms with Crippen LogP contribution >= 0.6 is 0 Å². The number of unbranched alkanes of at least 4 members (excludes halogenated alkanes) is 3. The summed E-state index contributed by atoms with van der Waals surface area (Å²) in [5, 5.41) is 0. The van der Waals surface area contributed by atoms with E-state index >= 15 is 0 Å². The summed E-state index contributed by atoms with van der Waals surface area (Å²) < 4.78 is 5.79. The number of benzene rings is 1. The van der Waals surface area contributed by atoms with E-state index in [1.54, 1.807) is 0 Å². The maximum absolute atomic E-state index is 13.2. The Hall–Kier alpha value is -1.68. The molecule has 1 aliphatic carbocycles. The van der Waals surface area contributed by atoms with Gasteiger partial charge in [0.15, 0.2) is 0 Å². The van der Waals surface area contributed by atoms with E-state index in [4.69, 9.17) is 4.74 Å². The summed E-state index contributed by atoms with van der Waals surface area (Å²) in [4.78, 5) is 28.8. The van der Waals surface area contributed by atoms with Gasteiger partial charge in [-0.2, -0.15) is 0 Å². The fourth-order valence-corrected chi connectivity index (χ4v) is 6.45. The van der Waals surface area contributed by atoms with Gasteiger partial charge in [-0.25, -0.2) is 0 Å². The lowest BCUT2D eigenvalue weighted by atomic mass is 9.65. The van der Waals surface area contributed by atoms with E-state index < -0.39 is 0 Å². The summed E-state index contributed by atoms with van der Waals surface area (Å²) in [5.74, 6) is 0.503. The van der Waals surface area contributed by atoms with E-state index in [9.17, 15) is 9.59 Å². The van der Waals surface area contributed by atoms with Crippen LogP contribution in [-0.4, -0.2) is 34.3 Å². The molecule has 4 atom stereocenters. The van der Waals surface area contributed by atoms with E-state index in [1.165, 1.54) is 25.7 Å². The first-order chi connectivity index (χ1) is 14.7. The molecule has 1 aromatic rings. The summed E-state index contributed by atoms with van der Waals surface area (Å²) in [6.45, 7) is 2.56. The second-order valence-corrected chi connectivity index (χ2v) is 9.63. The molecular formula is C26H37NO3. The molecule has 2 saturated heterocycles. The molecule has 3 aliphatic rings. The SMILES string of the molecule is CCCCCC[C@@H]1CC(=O)[C@H]2CCCC[C@]23CC[C@@H](C(=O)OCc2ccccc2)N13. The Morgan fingerprint density at radius 1 is 1.10 bits per heavy atom. The number of hydrogen-bond acceptors (Lipinski definition) is 4. The number of Topliss-reactive ketones (excluding diaryl/α,β-unsaturated/α-hetero) is 1. The molecular weight excluding hydrogens is 374 g/mol. The number of esters is 1. The Bertz CT molecular complexity index is 733. The monoisotopic (exact) mass is 411 g/mol. The quantitative estimate of drug-likeness (QED) is 0.422. The maximum atomic E-state index is 13.2. The van der Waals surface area contributed by atoms with Crippen molar-refractivity contribution < 1.29 is 14.3 Å². The van der Waals surface area contributed by atoms with Crippen molar-refractivity contribution in [3.8, 4) is 0 Å². The molecule has 2 aliphatic heterocycles. The lowest BCUT2D eigenvalue weighted by Gasteiger charge is -2.54. The van der Waals surface area contributed by atoms with Crippen LogP contribution in [0.2, 0.25) is 0 Å². The van der Waals surface area contributed by atoms with Crippen molar-refractivity contribution >= 4 is 11.8 Å². The average Bonchev–Trinajstić information content (AvgIpc) is 3.15. The van der Waals surface area contributed by atoms with Gasteiger partial charge in [0, 0.05) is 23.9 Å². The van der Waals surface area contributed by atoms with E-state index in [-0.39, 0.29) is 29.5 Å². The molecule has 1 spiro atoms. The number of carbonyl (C=O) groups is 2. The third-order valence-electron chi connectivity index (χ3n) is 7.81. The van der Waals surface area contributed by atoms with Gasteiger partial charge in [0.1, 0.15) is 18.4 Å². The van der Waals surface area contributed by atoms with Crippen molar-refractivity contribution in [3.05, 3.63) is 35.9 Å². The Morgan fingerprint density at radius 2 is 1.93 bits per heavy atom. The summed E-state index contributed by atoms with van der Waals surface area (Å²) in [7, 11) is 0. The zero-order valence-electron chi connectivity index (χ0n) is 18.5. The summed E-state index contributed by atoms with van der Waals surface area (Å²) in [5.41, 5.74) is 0.943. The normalized spacial score (nSPS) is 31.2. The lowest BCUT2D eigenvalue weighted by Crippen LogP contribution is -2.65. The van der Waals surface area contributed by atoms with Crippen molar-refractivity contribution in [1.82, 2.24) is 4.90 Å². The van der Waals surface area contributed by atoms with Crippen molar-refractivity contribution in [1.29, 1.82) is 0 Å². The fourth-order valence-electron chi connectivity index (χ4n) is 6.45. The predicted molar refractivity (Wildman–Crippen MR) is 118 cm³/mol. The van der Waals surface area contributed by atoms with E-state index in [2.05, 4.69) is 11.8 Å². The Labute approximate surface area is 181 Å². The molecule has 4 heteroatoms. The highest BCUT2D eigenvalue weighted by atomic mass is 16.5. The van der Waals surface area contributed by atoms with Crippen LogP contribution in [0, 0.1) is 5.92 Å². The first kappa shape index (κ1) is 21.5. The van der Waals surface area contributed by atoms with Gasteiger partial charge in [0.2, 0.25) is 0 Å². The molecule has 2 heterocycles. The van der Waals surface area contributed by atoms with Gasteiger partial charge in [-0.05, 0) is 37.7 Å². The third kappa shape index (κ3) is 4.21. The Balaban J connectivity index is 1.51. The van der Waals surface area contributed by atoms with Gasteiger partial charge in [-0.3, -0.25) is 14.5 Å². The highest BCUT2D eigenvalue weighted by Gasteiger charge is 2.60. The van der Waals surface area contributed by atoms with Crippen LogP contribution in [0.3, 0.4) is 0 Å². The van der Waals surface area contributed by atoms with Crippen molar-refractivity contribution in [3.63, 3.8) is 0 Å². The molecule has 164 valence electrons. The first-order valence-corrected chi connectivity index (χ1v) is 12.2. The zero-order chi connectivity index (χ0) is 21.0. The molecule has 0 N–H and O–H groups in total. The topological polar surface area (TPSA) is 46.6 Å². The summed E-state index contributed by atoms with van der Waals surface area (Å²) >= 11 is 0. The highest BCUT2D eigenvalue weighted by molar-refractivity contribution is 5.85. The first-order valence-electron chi connectivity index (χ1n) is 12.2. The number of nitrogens with zero attached hydrogens (tertiary/aromatic N) is 1. The summed E-state index contributed by atoms with van der Waals surface area (Å²) in [6, 6.07) is 9.95. The van der Waals surface area contributed by atoms with Gasteiger partial charge >= 0.3 is 5.97 Å². The van der Waals surface area contributed by atoms with Crippen molar-refractivity contribution in [2.45, 2.75) is 108 Å². The average molecular weight is 412 g/mol. The number of ketones is 1. The maximum Gasteiger partial charge on any atom is 0.323 e. The van der Waals surface area contributed by atoms with Crippen LogP contribution in [0.1, 0.15) is 89.5 Å². The highest BCUT2D eigenvalue weighted by Crippen LogP contribution is 2.53. The number of carbonyl (C=O) groups excluding carboxylic acids is 2. The molecule has 0 amide bonds. The molecule has 0 radical (unpaired) electrons. The van der Waals surface area contributed by atoms with Crippen LogP contribution in [-0.2, 0) is 20.9 Å². The second kappa shape index (κ2) is 9.64. The van der Waals surface area contributed by atoms with Crippen LogP contribution < -0.4 is 0 Å². The minimum Gasteiger partial charge on any atom is -0.460 e. The van der Waals surface area contributed by atoms with Crippen LogP contribution in [0.25, 0.3) is 0 Å². The Morgan fingerprint density at radius 3 is 2.73 bits per heavy atom. The number of rotatable bonds is 8. The van der Waals surface area contributed by atoms with Crippen LogP contribution in [0.5, 0.6) is 0 Å². The van der Waals surface area contributed by atoms with Gasteiger partial charge in [-0.15, -0.1) is 0 Å². The summed E-state index contributed by atoms with van der Waals surface area (Å²) in [6.07, 6.45) is 12.7. The minimum atomic E-state index is -0.182. The van der Waals surface area contributed by atoms with Gasteiger partial charge in [0.05, 0.1) is 0 Å². The van der Waals surface area contributed by atoms with E-state index in [0.29, 0.717) is 18.8 Å². The van der Waals surface area contributed by atoms with Crippen molar-refractivity contribution in [2.75, 3.05) is 0 Å². The number of piperidine rings is 1. The van der Waals surface area contributed by atoms with E-state index in [0.717, 1.165) is 50.5 Å². The predicted octanol–water partition coefficient (Wildman–Crippen LogP) is 5.44. The third-order valence-corrected chi connectivity index (χ3v) is 7.81. The molecule has 0 aromatic heterocycles. The number of ether oxygens (including phenoxy) is 1. The van der Waals surface area contributed by atoms with Crippen LogP contribution in [0.15, 0.2) is 30.3 Å². The van der Waals surface area contributed by atoms with Gasteiger partial charge < -0.3 is 4.74 Å². The molecule has 1 aromatic carbocycles. The fraction of sp³-hybridized carbons (Fsp3) is 0.692. The molecule has 0 bridgehead atoms. The molecule has 4 rings (SSSR count). The smallest absolute Gasteiger partial charge is 0.323 e. The largest absolute Gasteiger partial charge is 0.460 e. The standard InChI is InChI=1S/C26H37NO3/c1-2-3-4-8-13-21-18-24(28)22-14-9-10-16-26(22)17-15-23(27(21)26)25(29)30-19-20-11-6-5-7-12-20/h5-7,11-12,21-23H,2-4,8-10,13-19H2,1H3/t21-,22-,23+,26+/m1/s1. The number of hydrogen-bond donors (Lipinski definition) is 0. The van der Waals surface area contributed by atoms with Gasteiger partial charge in [0.25, 0.3) is 0 Å². The molecule has 30 heavy (non-hydrogen) atoms.